The van der Waals surface area contributed by atoms with E-state index in [0.717, 1.165) is 25.7 Å². The van der Waals surface area contributed by atoms with Crippen molar-refractivity contribution in [1.82, 2.24) is 5.32 Å². The van der Waals surface area contributed by atoms with Crippen LogP contribution in [-0.4, -0.2) is 52.4 Å². The van der Waals surface area contributed by atoms with Gasteiger partial charge >= 0.3 is 0 Å². The molecule has 6 nitrogen and oxygen atoms in total. The quantitative estimate of drug-likeness (QED) is 0.555. The lowest BCUT2D eigenvalue weighted by molar-refractivity contribution is -0.188. The normalized spacial score (nSPS) is 30.9. The molecule has 0 aromatic heterocycles. The Bertz CT molecular complexity index is 387. The van der Waals surface area contributed by atoms with E-state index in [2.05, 4.69) is 5.32 Å². The van der Waals surface area contributed by atoms with Gasteiger partial charge in [-0.25, -0.2) is 0 Å². The molecular formula is C17H31NO5. The maximum absolute atomic E-state index is 11.3. The van der Waals surface area contributed by atoms with E-state index < -0.39 is 24.4 Å². The Morgan fingerprint density at radius 1 is 1.00 bits per heavy atom. The molecular weight excluding hydrogens is 298 g/mol. The second-order valence-corrected chi connectivity index (χ2v) is 6.48. The number of hydrogen-bond donors (Lipinski definition) is 3. The van der Waals surface area contributed by atoms with Gasteiger partial charge in [-0.1, -0.05) is 26.2 Å². The van der Waals surface area contributed by atoms with Crippen LogP contribution in [0.3, 0.4) is 0 Å². The van der Waals surface area contributed by atoms with E-state index >= 15 is 0 Å². The standard InChI is InChI=1S/C17H31NO5/c1-4-13-16(21)17(22)15(18-12(3)20)14(23-13)10-8-6-5-7-9-11(2)19/h13-17,21-22H,4-10H2,1-3H3,(H,18,20). The number of amides is 1. The highest BCUT2D eigenvalue weighted by atomic mass is 16.5. The van der Waals surface area contributed by atoms with Crippen LogP contribution in [0, 0.1) is 0 Å². The Hall–Kier alpha value is -0.980. The molecule has 0 aromatic rings. The first kappa shape index (κ1) is 20.1. The van der Waals surface area contributed by atoms with Crippen LogP contribution in [0.15, 0.2) is 0 Å². The van der Waals surface area contributed by atoms with Gasteiger partial charge in [0.1, 0.15) is 18.0 Å². The van der Waals surface area contributed by atoms with Crippen molar-refractivity contribution in [2.45, 2.75) is 96.2 Å². The van der Waals surface area contributed by atoms with E-state index in [1.54, 1.807) is 6.92 Å². The minimum atomic E-state index is -1.01. The van der Waals surface area contributed by atoms with Crippen molar-refractivity contribution < 1.29 is 24.5 Å². The predicted molar refractivity (Wildman–Crippen MR) is 87.0 cm³/mol. The Morgan fingerprint density at radius 3 is 2.22 bits per heavy atom. The van der Waals surface area contributed by atoms with Crippen LogP contribution in [0.25, 0.3) is 0 Å². The highest BCUT2D eigenvalue weighted by Crippen LogP contribution is 2.26. The largest absolute Gasteiger partial charge is 0.388 e. The molecule has 3 N–H and O–H groups in total. The molecule has 23 heavy (non-hydrogen) atoms. The average molecular weight is 329 g/mol. The number of ether oxygens (including phenoxy) is 1. The molecule has 1 aliphatic heterocycles. The van der Waals surface area contributed by atoms with E-state index in [-0.39, 0.29) is 17.8 Å². The summed E-state index contributed by atoms with van der Waals surface area (Å²) < 4.78 is 5.90. The third-order valence-corrected chi connectivity index (χ3v) is 4.39. The number of aliphatic hydroxyl groups is 2. The zero-order valence-electron chi connectivity index (χ0n) is 14.5. The molecule has 0 radical (unpaired) electrons. The zero-order chi connectivity index (χ0) is 17.4. The van der Waals surface area contributed by atoms with Gasteiger partial charge in [-0.3, -0.25) is 4.79 Å². The van der Waals surface area contributed by atoms with Gasteiger partial charge in [-0.15, -0.1) is 0 Å². The Labute approximate surface area is 138 Å². The summed E-state index contributed by atoms with van der Waals surface area (Å²) in [5.41, 5.74) is 0. The summed E-state index contributed by atoms with van der Waals surface area (Å²) in [6, 6.07) is -0.581. The molecule has 0 spiro atoms. The molecule has 5 atom stereocenters. The monoisotopic (exact) mass is 329 g/mol. The molecule has 0 bridgehead atoms. The predicted octanol–water partition coefficient (Wildman–Crippen LogP) is 1.32. The molecule has 5 unspecified atom stereocenters. The van der Waals surface area contributed by atoms with Crippen LogP contribution >= 0.6 is 0 Å². The topological polar surface area (TPSA) is 95.9 Å². The summed E-state index contributed by atoms with van der Waals surface area (Å²) in [5, 5.41) is 23.1. The lowest BCUT2D eigenvalue weighted by Crippen LogP contribution is -2.63. The average Bonchev–Trinajstić information content (AvgIpc) is 2.48. The van der Waals surface area contributed by atoms with Gasteiger partial charge in [0, 0.05) is 13.3 Å². The van der Waals surface area contributed by atoms with Crippen LogP contribution in [0.5, 0.6) is 0 Å². The molecule has 1 rings (SSSR count). The molecule has 134 valence electrons. The second-order valence-electron chi connectivity index (χ2n) is 6.48. The number of unbranched alkanes of at least 4 members (excludes halogenated alkanes) is 3. The Balaban J connectivity index is 2.49. The van der Waals surface area contributed by atoms with Crippen molar-refractivity contribution >= 4 is 11.7 Å². The smallest absolute Gasteiger partial charge is 0.217 e. The van der Waals surface area contributed by atoms with Crippen LogP contribution in [0.2, 0.25) is 0 Å². The van der Waals surface area contributed by atoms with Crippen molar-refractivity contribution in [3.63, 3.8) is 0 Å². The maximum atomic E-state index is 11.3. The van der Waals surface area contributed by atoms with E-state index in [1.807, 2.05) is 6.92 Å². The van der Waals surface area contributed by atoms with Crippen LogP contribution in [0.1, 0.15) is 65.7 Å². The molecule has 0 aliphatic carbocycles. The lowest BCUT2D eigenvalue weighted by atomic mass is 9.89. The summed E-state index contributed by atoms with van der Waals surface area (Å²) in [6.07, 6.45) is 3.02. The van der Waals surface area contributed by atoms with Gasteiger partial charge in [0.2, 0.25) is 5.91 Å². The van der Waals surface area contributed by atoms with E-state index in [1.165, 1.54) is 6.92 Å². The number of rotatable bonds is 9. The first-order valence-corrected chi connectivity index (χ1v) is 8.65. The summed E-state index contributed by atoms with van der Waals surface area (Å²) in [7, 11) is 0. The highest BCUT2D eigenvalue weighted by molar-refractivity contribution is 5.75. The third-order valence-electron chi connectivity index (χ3n) is 4.39. The first-order chi connectivity index (χ1) is 10.9. The van der Waals surface area contributed by atoms with Gasteiger partial charge in [-0.2, -0.15) is 0 Å². The van der Waals surface area contributed by atoms with E-state index in [0.29, 0.717) is 19.3 Å². The van der Waals surface area contributed by atoms with Crippen LogP contribution in [-0.2, 0) is 14.3 Å². The van der Waals surface area contributed by atoms with Gasteiger partial charge in [0.05, 0.1) is 18.2 Å². The second kappa shape index (κ2) is 10.0. The molecule has 0 saturated carbocycles. The minimum Gasteiger partial charge on any atom is -0.388 e. The number of carbonyl (C=O) groups is 2. The van der Waals surface area contributed by atoms with Gasteiger partial charge in [0.25, 0.3) is 0 Å². The van der Waals surface area contributed by atoms with E-state index in [4.69, 9.17) is 4.74 Å². The van der Waals surface area contributed by atoms with Gasteiger partial charge < -0.3 is 25.1 Å². The summed E-state index contributed by atoms with van der Waals surface area (Å²) in [6.45, 7) is 4.90. The first-order valence-electron chi connectivity index (χ1n) is 8.65. The van der Waals surface area contributed by atoms with Crippen molar-refractivity contribution in [2.75, 3.05) is 0 Å². The number of ketones is 1. The number of hydrogen-bond acceptors (Lipinski definition) is 5. The number of nitrogens with one attached hydrogen (secondary N) is 1. The number of carbonyl (C=O) groups excluding carboxylic acids is 2. The fourth-order valence-corrected chi connectivity index (χ4v) is 3.11. The van der Waals surface area contributed by atoms with Crippen LogP contribution in [0.4, 0.5) is 0 Å². The fourth-order valence-electron chi connectivity index (χ4n) is 3.11. The lowest BCUT2D eigenvalue weighted by Gasteiger charge is -2.43. The molecule has 6 heteroatoms. The van der Waals surface area contributed by atoms with Gasteiger partial charge in [0.15, 0.2) is 0 Å². The molecule has 1 fully saturated rings. The van der Waals surface area contributed by atoms with Crippen molar-refractivity contribution in [1.29, 1.82) is 0 Å². The van der Waals surface area contributed by atoms with E-state index in [9.17, 15) is 19.8 Å². The summed E-state index contributed by atoms with van der Waals surface area (Å²) in [5.74, 6) is -0.0273. The van der Waals surface area contributed by atoms with Crippen molar-refractivity contribution in [2.24, 2.45) is 0 Å². The minimum absolute atomic E-state index is 0.217. The highest BCUT2D eigenvalue weighted by Gasteiger charge is 2.43. The molecule has 1 heterocycles. The van der Waals surface area contributed by atoms with Crippen molar-refractivity contribution in [3.05, 3.63) is 0 Å². The molecule has 1 saturated heterocycles. The van der Waals surface area contributed by atoms with Crippen molar-refractivity contribution in [3.8, 4) is 0 Å². The Morgan fingerprint density at radius 2 is 1.65 bits per heavy atom. The maximum Gasteiger partial charge on any atom is 0.217 e. The Kier molecular flexibility index (Phi) is 8.73. The fraction of sp³-hybridized carbons (Fsp3) is 0.882. The molecule has 1 amide bonds. The molecule has 1 aliphatic rings. The summed E-state index contributed by atoms with van der Waals surface area (Å²) in [4.78, 5) is 22.2. The van der Waals surface area contributed by atoms with Crippen LogP contribution < -0.4 is 5.32 Å². The number of Topliss-reactive ketones (excluding diaryl/α,β-unsaturated/α-hetero) is 1. The third kappa shape index (κ3) is 6.57. The molecule has 0 aromatic carbocycles. The SMILES string of the molecule is CCC1OC(CCCCCCC(C)=O)C(NC(C)=O)C(O)C1O. The zero-order valence-corrected chi connectivity index (χ0v) is 14.5. The number of aliphatic hydroxyl groups excluding tert-OH is 2. The summed E-state index contributed by atoms with van der Waals surface area (Å²) >= 11 is 0. The van der Waals surface area contributed by atoms with Gasteiger partial charge in [-0.05, 0) is 26.2 Å².